The zero-order chi connectivity index (χ0) is 9.97. The summed E-state index contributed by atoms with van der Waals surface area (Å²) in [5, 5.41) is 2.10. The Hall–Kier alpha value is -0.380. The maximum absolute atomic E-state index is 6.15. The highest BCUT2D eigenvalue weighted by molar-refractivity contribution is 7.10. The van der Waals surface area contributed by atoms with E-state index in [1.807, 2.05) is 0 Å². The summed E-state index contributed by atoms with van der Waals surface area (Å²) in [4.78, 5) is 3.81. The first-order chi connectivity index (χ1) is 6.81. The molecular weight excluding hydrogens is 192 g/mol. The Morgan fingerprint density at radius 2 is 2.43 bits per heavy atom. The predicted molar refractivity (Wildman–Crippen MR) is 61.5 cm³/mol. The Morgan fingerprint density at radius 3 is 2.93 bits per heavy atom. The Balaban J connectivity index is 1.89. The Labute approximate surface area is 89.7 Å². The second-order valence-electron chi connectivity index (χ2n) is 3.94. The topological polar surface area (TPSA) is 29.3 Å². The molecule has 1 atom stereocenters. The number of likely N-dealkylation sites (N-methyl/N-ethyl adjacent to an activating group) is 1. The van der Waals surface area contributed by atoms with Gasteiger partial charge in [-0.15, -0.1) is 11.3 Å². The molecule has 2 rings (SSSR count). The number of rotatable bonds is 5. The van der Waals surface area contributed by atoms with Gasteiger partial charge in [-0.3, -0.25) is 4.90 Å². The third-order valence-corrected chi connectivity index (χ3v) is 3.81. The molecule has 1 heterocycles. The number of thiophene rings is 1. The first-order valence-electron chi connectivity index (χ1n) is 5.34. The fourth-order valence-electron chi connectivity index (χ4n) is 1.82. The molecule has 78 valence electrons. The van der Waals surface area contributed by atoms with Crippen molar-refractivity contribution in [1.29, 1.82) is 0 Å². The van der Waals surface area contributed by atoms with E-state index in [1.54, 1.807) is 11.3 Å². The van der Waals surface area contributed by atoms with Crippen LogP contribution in [0.5, 0.6) is 0 Å². The van der Waals surface area contributed by atoms with Gasteiger partial charge in [0.1, 0.15) is 0 Å². The fraction of sp³-hybridized carbons (Fsp3) is 0.636. The molecule has 1 unspecified atom stereocenters. The molecule has 1 aromatic rings. The molecule has 3 heteroatoms. The van der Waals surface area contributed by atoms with Crippen LogP contribution >= 0.6 is 11.3 Å². The summed E-state index contributed by atoms with van der Waals surface area (Å²) < 4.78 is 0. The highest BCUT2D eigenvalue weighted by atomic mass is 32.1. The predicted octanol–water partition coefficient (Wildman–Crippen LogP) is 2.23. The summed E-state index contributed by atoms with van der Waals surface area (Å²) in [7, 11) is 0. The normalized spacial score (nSPS) is 18.8. The van der Waals surface area contributed by atoms with Gasteiger partial charge in [-0.2, -0.15) is 0 Å². The van der Waals surface area contributed by atoms with Crippen molar-refractivity contribution in [3.63, 3.8) is 0 Å². The van der Waals surface area contributed by atoms with Crippen LogP contribution in [-0.4, -0.2) is 24.0 Å². The van der Waals surface area contributed by atoms with Crippen molar-refractivity contribution in [3.8, 4) is 0 Å². The molecule has 2 nitrogen and oxygen atoms in total. The SMILES string of the molecule is CCN(CC(N)c1cccs1)C1CC1. The van der Waals surface area contributed by atoms with Gasteiger partial charge in [0.25, 0.3) is 0 Å². The standard InChI is InChI=1S/C11H18N2S/c1-2-13(9-5-6-9)8-10(12)11-4-3-7-14-11/h3-4,7,9-10H,2,5-6,8,12H2,1H3. The zero-order valence-electron chi connectivity index (χ0n) is 8.65. The first-order valence-corrected chi connectivity index (χ1v) is 6.22. The van der Waals surface area contributed by atoms with Crippen LogP contribution in [0.15, 0.2) is 17.5 Å². The van der Waals surface area contributed by atoms with Gasteiger partial charge >= 0.3 is 0 Å². The Kier molecular flexibility index (Phi) is 3.21. The highest BCUT2D eigenvalue weighted by Crippen LogP contribution is 2.28. The van der Waals surface area contributed by atoms with Crippen molar-refractivity contribution in [3.05, 3.63) is 22.4 Å². The summed E-state index contributed by atoms with van der Waals surface area (Å²) >= 11 is 1.76. The van der Waals surface area contributed by atoms with Crippen molar-refractivity contribution >= 4 is 11.3 Å². The molecule has 1 fully saturated rings. The van der Waals surface area contributed by atoms with E-state index in [4.69, 9.17) is 5.73 Å². The zero-order valence-corrected chi connectivity index (χ0v) is 9.46. The van der Waals surface area contributed by atoms with E-state index in [2.05, 4.69) is 29.3 Å². The Bertz CT molecular complexity index is 267. The van der Waals surface area contributed by atoms with E-state index >= 15 is 0 Å². The van der Waals surface area contributed by atoms with Gasteiger partial charge in [0.15, 0.2) is 0 Å². The minimum Gasteiger partial charge on any atom is -0.322 e. The fourth-order valence-corrected chi connectivity index (χ4v) is 2.54. The summed E-state index contributed by atoms with van der Waals surface area (Å²) in [5.74, 6) is 0. The molecule has 1 aliphatic carbocycles. The van der Waals surface area contributed by atoms with E-state index < -0.39 is 0 Å². The minimum atomic E-state index is 0.204. The van der Waals surface area contributed by atoms with E-state index in [9.17, 15) is 0 Å². The molecule has 0 radical (unpaired) electrons. The third-order valence-electron chi connectivity index (χ3n) is 2.81. The van der Waals surface area contributed by atoms with E-state index in [0.717, 1.165) is 19.1 Å². The molecule has 0 aliphatic heterocycles. The van der Waals surface area contributed by atoms with Crippen molar-refractivity contribution in [2.75, 3.05) is 13.1 Å². The van der Waals surface area contributed by atoms with Gasteiger partial charge in [0, 0.05) is 17.5 Å². The lowest BCUT2D eigenvalue weighted by molar-refractivity contribution is 0.261. The summed E-state index contributed by atoms with van der Waals surface area (Å²) in [6.07, 6.45) is 2.73. The molecule has 0 spiro atoms. The van der Waals surface area contributed by atoms with Crippen molar-refractivity contribution in [2.24, 2.45) is 5.73 Å². The van der Waals surface area contributed by atoms with Crippen molar-refractivity contribution in [2.45, 2.75) is 31.8 Å². The van der Waals surface area contributed by atoms with Gasteiger partial charge in [0.2, 0.25) is 0 Å². The van der Waals surface area contributed by atoms with Crippen molar-refractivity contribution < 1.29 is 0 Å². The average Bonchev–Trinajstić information content (AvgIpc) is 2.88. The molecular formula is C11H18N2S. The van der Waals surface area contributed by atoms with Crippen molar-refractivity contribution in [1.82, 2.24) is 4.90 Å². The van der Waals surface area contributed by atoms with Crippen LogP contribution in [0, 0.1) is 0 Å². The minimum absolute atomic E-state index is 0.204. The number of hydrogen-bond donors (Lipinski definition) is 1. The van der Waals surface area contributed by atoms with Crippen LogP contribution in [0.4, 0.5) is 0 Å². The lowest BCUT2D eigenvalue weighted by Gasteiger charge is -2.23. The summed E-state index contributed by atoms with van der Waals surface area (Å²) in [6.45, 7) is 4.37. The molecule has 1 saturated carbocycles. The van der Waals surface area contributed by atoms with Crippen LogP contribution in [0.25, 0.3) is 0 Å². The maximum atomic E-state index is 6.15. The molecule has 14 heavy (non-hydrogen) atoms. The number of hydrogen-bond acceptors (Lipinski definition) is 3. The number of nitrogens with two attached hydrogens (primary N) is 1. The molecule has 1 aromatic heterocycles. The highest BCUT2D eigenvalue weighted by Gasteiger charge is 2.28. The molecule has 0 bridgehead atoms. The van der Waals surface area contributed by atoms with Gasteiger partial charge in [0.05, 0.1) is 6.04 Å². The van der Waals surface area contributed by atoms with E-state index in [0.29, 0.717) is 0 Å². The van der Waals surface area contributed by atoms with E-state index in [-0.39, 0.29) is 6.04 Å². The van der Waals surface area contributed by atoms with Crippen LogP contribution in [0.2, 0.25) is 0 Å². The summed E-state index contributed by atoms with van der Waals surface area (Å²) in [5.41, 5.74) is 6.15. The van der Waals surface area contributed by atoms with Gasteiger partial charge < -0.3 is 5.73 Å². The molecule has 0 saturated heterocycles. The largest absolute Gasteiger partial charge is 0.322 e. The monoisotopic (exact) mass is 210 g/mol. The molecule has 0 aromatic carbocycles. The van der Waals surface area contributed by atoms with Crippen LogP contribution in [-0.2, 0) is 0 Å². The molecule has 1 aliphatic rings. The second-order valence-corrected chi connectivity index (χ2v) is 4.92. The lowest BCUT2D eigenvalue weighted by atomic mass is 10.2. The van der Waals surface area contributed by atoms with Gasteiger partial charge in [-0.05, 0) is 30.8 Å². The Morgan fingerprint density at radius 1 is 1.64 bits per heavy atom. The molecule has 2 N–H and O–H groups in total. The van der Waals surface area contributed by atoms with E-state index in [1.165, 1.54) is 17.7 Å². The first kappa shape index (κ1) is 10.1. The average molecular weight is 210 g/mol. The van der Waals surface area contributed by atoms with Gasteiger partial charge in [-0.1, -0.05) is 13.0 Å². The quantitative estimate of drug-likeness (QED) is 0.807. The smallest absolute Gasteiger partial charge is 0.0519 e. The van der Waals surface area contributed by atoms with Gasteiger partial charge in [-0.25, -0.2) is 0 Å². The third kappa shape index (κ3) is 2.35. The van der Waals surface area contributed by atoms with Crippen LogP contribution in [0.1, 0.15) is 30.7 Å². The molecule has 0 amide bonds. The second kappa shape index (κ2) is 4.43. The summed E-state index contributed by atoms with van der Waals surface area (Å²) in [6, 6.07) is 5.24. The van der Waals surface area contributed by atoms with Crippen LogP contribution in [0.3, 0.4) is 0 Å². The number of nitrogens with zero attached hydrogens (tertiary/aromatic N) is 1. The maximum Gasteiger partial charge on any atom is 0.0519 e. The van der Waals surface area contributed by atoms with Crippen LogP contribution < -0.4 is 5.73 Å². The lowest BCUT2D eigenvalue weighted by Crippen LogP contribution is -2.33.